The molecule has 3 aromatic heterocycles. The van der Waals surface area contributed by atoms with E-state index in [4.69, 9.17) is 15.2 Å². The SMILES string of the molecule is CC1OCc2c1c(N)nc1ccc(C(=O)N3C(C)COCC3c3cn4cc(C(F)(F)F)ccc4n3)cc21. The van der Waals surface area contributed by atoms with Gasteiger partial charge in [-0.25, -0.2) is 9.97 Å². The number of anilines is 1. The van der Waals surface area contributed by atoms with E-state index in [1.54, 1.807) is 17.0 Å². The van der Waals surface area contributed by atoms with Gasteiger partial charge in [-0.05, 0) is 49.7 Å². The van der Waals surface area contributed by atoms with Crippen molar-refractivity contribution in [2.75, 3.05) is 18.9 Å². The molecule has 6 rings (SSSR count). The molecule has 5 heterocycles. The summed E-state index contributed by atoms with van der Waals surface area (Å²) in [7, 11) is 0. The summed E-state index contributed by atoms with van der Waals surface area (Å²) in [5.74, 6) is 0.197. The Kier molecular flexibility index (Phi) is 5.39. The van der Waals surface area contributed by atoms with Gasteiger partial charge in [0, 0.05) is 28.9 Å². The lowest BCUT2D eigenvalue weighted by Gasteiger charge is -2.39. The fourth-order valence-electron chi connectivity index (χ4n) is 5.28. The Morgan fingerprint density at radius 1 is 1.11 bits per heavy atom. The summed E-state index contributed by atoms with van der Waals surface area (Å²) in [6.45, 7) is 4.68. The molecule has 1 fully saturated rings. The van der Waals surface area contributed by atoms with Crippen LogP contribution in [0.15, 0.2) is 42.7 Å². The van der Waals surface area contributed by atoms with Crippen molar-refractivity contribution >= 4 is 28.3 Å². The fraction of sp³-hybridized carbons (Fsp3) is 0.346. The van der Waals surface area contributed by atoms with E-state index in [2.05, 4.69) is 9.97 Å². The third kappa shape index (κ3) is 3.89. The normalized spacial score (nSPS) is 22.1. The smallest absolute Gasteiger partial charge is 0.383 e. The number of nitrogens with zero attached hydrogens (tertiary/aromatic N) is 4. The largest absolute Gasteiger partial charge is 0.417 e. The molecule has 0 spiro atoms. The second kappa shape index (κ2) is 8.42. The van der Waals surface area contributed by atoms with Crippen LogP contribution < -0.4 is 5.73 Å². The number of aromatic nitrogens is 3. The molecule has 192 valence electrons. The molecule has 1 saturated heterocycles. The number of halogens is 3. The summed E-state index contributed by atoms with van der Waals surface area (Å²) in [6, 6.07) is 6.75. The van der Waals surface area contributed by atoms with Crippen LogP contribution in [-0.4, -0.2) is 44.4 Å². The van der Waals surface area contributed by atoms with Gasteiger partial charge in [-0.1, -0.05) is 0 Å². The van der Waals surface area contributed by atoms with Gasteiger partial charge in [0.2, 0.25) is 0 Å². The molecule has 1 amide bonds. The number of pyridine rings is 2. The van der Waals surface area contributed by atoms with E-state index >= 15 is 0 Å². The molecule has 8 nitrogen and oxygen atoms in total. The van der Waals surface area contributed by atoms with Crippen molar-refractivity contribution in [2.45, 2.75) is 44.8 Å². The first-order valence-electron chi connectivity index (χ1n) is 11.9. The number of fused-ring (bicyclic) bond motifs is 4. The Bertz CT molecular complexity index is 1550. The molecule has 2 aliphatic heterocycles. The summed E-state index contributed by atoms with van der Waals surface area (Å²) in [6.07, 6.45) is -2.13. The van der Waals surface area contributed by atoms with Crippen LogP contribution in [0.25, 0.3) is 16.6 Å². The predicted octanol–water partition coefficient (Wildman–Crippen LogP) is 4.68. The number of hydrogen-bond donors (Lipinski definition) is 1. The molecular formula is C26H24F3N5O3. The van der Waals surface area contributed by atoms with Crippen LogP contribution in [0.4, 0.5) is 19.0 Å². The molecule has 0 saturated carbocycles. The van der Waals surface area contributed by atoms with Gasteiger partial charge in [0.05, 0.1) is 54.8 Å². The van der Waals surface area contributed by atoms with Crippen LogP contribution in [0.1, 0.15) is 58.7 Å². The minimum absolute atomic E-state index is 0.178. The first kappa shape index (κ1) is 23.7. The van der Waals surface area contributed by atoms with Crippen molar-refractivity contribution in [2.24, 2.45) is 0 Å². The van der Waals surface area contributed by atoms with E-state index in [-0.39, 0.29) is 24.7 Å². The highest BCUT2D eigenvalue weighted by Crippen LogP contribution is 2.39. The van der Waals surface area contributed by atoms with Gasteiger partial charge in [0.1, 0.15) is 11.5 Å². The minimum Gasteiger partial charge on any atom is -0.383 e. The van der Waals surface area contributed by atoms with Crippen molar-refractivity contribution < 1.29 is 27.4 Å². The van der Waals surface area contributed by atoms with Gasteiger partial charge in [-0.15, -0.1) is 0 Å². The zero-order valence-corrected chi connectivity index (χ0v) is 20.1. The zero-order chi connectivity index (χ0) is 26.1. The van der Waals surface area contributed by atoms with Gasteiger partial charge < -0.3 is 24.5 Å². The third-order valence-corrected chi connectivity index (χ3v) is 7.11. The van der Waals surface area contributed by atoms with Gasteiger partial charge in [0.15, 0.2) is 0 Å². The van der Waals surface area contributed by atoms with E-state index in [0.717, 1.165) is 28.8 Å². The number of hydrogen-bond acceptors (Lipinski definition) is 6. The van der Waals surface area contributed by atoms with Crippen LogP contribution >= 0.6 is 0 Å². The topological polar surface area (TPSA) is 95.0 Å². The lowest BCUT2D eigenvalue weighted by Crippen LogP contribution is -2.49. The molecule has 0 bridgehead atoms. The lowest BCUT2D eigenvalue weighted by molar-refractivity contribution is -0.137. The number of ether oxygens (including phenoxy) is 2. The first-order valence-corrected chi connectivity index (χ1v) is 11.9. The van der Waals surface area contributed by atoms with Crippen LogP contribution in [0, 0.1) is 0 Å². The number of carbonyl (C=O) groups excluding carboxylic acids is 1. The molecule has 3 atom stereocenters. The molecule has 0 radical (unpaired) electrons. The van der Waals surface area contributed by atoms with Crippen molar-refractivity contribution in [1.82, 2.24) is 19.3 Å². The van der Waals surface area contributed by atoms with Gasteiger partial charge in [0.25, 0.3) is 5.91 Å². The number of nitrogens with two attached hydrogens (primary N) is 1. The average molecular weight is 512 g/mol. The Morgan fingerprint density at radius 3 is 2.70 bits per heavy atom. The lowest BCUT2D eigenvalue weighted by atomic mass is 9.99. The van der Waals surface area contributed by atoms with Crippen LogP contribution in [0.2, 0.25) is 0 Å². The van der Waals surface area contributed by atoms with Crippen LogP contribution in [-0.2, 0) is 22.3 Å². The number of morpholine rings is 1. The monoisotopic (exact) mass is 511 g/mol. The van der Waals surface area contributed by atoms with Crippen molar-refractivity contribution in [3.8, 4) is 0 Å². The number of nitrogen functional groups attached to an aromatic ring is 1. The molecule has 2 N–H and O–H groups in total. The Labute approximate surface area is 209 Å². The summed E-state index contributed by atoms with van der Waals surface area (Å²) in [5.41, 5.74) is 9.10. The molecule has 4 aromatic rings. The highest BCUT2D eigenvalue weighted by atomic mass is 19.4. The van der Waals surface area contributed by atoms with E-state index in [1.807, 2.05) is 19.9 Å². The maximum absolute atomic E-state index is 13.9. The number of amides is 1. The maximum atomic E-state index is 13.9. The Balaban J connectivity index is 1.39. The second-order valence-corrected chi connectivity index (χ2v) is 9.54. The first-order chi connectivity index (χ1) is 17.6. The third-order valence-electron chi connectivity index (χ3n) is 7.11. The quantitative estimate of drug-likeness (QED) is 0.420. The molecule has 3 unspecified atom stereocenters. The summed E-state index contributed by atoms with van der Waals surface area (Å²) in [4.78, 5) is 24.6. The minimum atomic E-state index is -4.47. The molecule has 37 heavy (non-hydrogen) atoms. The molecule has 0 aliphatic carbocycles. The highest BCUT2D eigenvalue weighted by molar-refractivity contribution is 5.99. The summed E-state index contributed by atoms with van der Waals surface area (Å²) < 4.78 is 52.4. The zero-order valence-electron chi connectivity index (χ0n) is 20.1. The van der Waals surface area contributed by atoms with Gasteiger partial charge in [-0.2, -0.15) is 13.2 Å². The maximum Gasteiger partial charge on any atom is 0.417 e. The van der Waals surface area contributed by atoms with E-state index in [9.17, 15) is 18.0 Å². The van der Waals surface area contributed by atoms with E-state index < -0.39 is 17.8 Å². The van der Waals surface area contributed by atoms with Gasteiger partial charge in [-0.3, -0.25) is 4.79 Å². The van der Waals surface area contributed by atoms with Crippen LogP contribution in [0.5, 0.6) is 0 Å². The standard InChI is InChI=1S/C26H24F3N5O3/c1-13-10-36-12-21(20-9-33-8-16(26(27,28)29)4-6-22(33)31-20)34(13)25(35)15-3-5-19-17(7-15)18-11-37-14(2)23(18)24(30)32-19/h3-9,13-14,21H,10-12H2,1-2H3,(H2,30,32). The van der Waals surface area contributed by atoms with E-state index in [0.29, 0.717) is 41.5 Å². The Morgan fingerprint density at radius 2 is 1.92 bits per heavy atom. The number of alkyl halides is 3. The molecule has 11 heteroatoms. The number of rotatable bonds is 2. The fourth-order valence-corrected chi connectivity index (χ4v) is 5.28. The molecular weight excluding hydrogens is 487 g/mol. The van der Waals surface area contributed by atoms with Crippen molar-refractivity contribution in [1.29, 1.82) is 0 Å². The average Bonchev–Trinajstić information content (AvgIpc) is 3.46. The van der Waals surface area contributed by atoms with Crippen molar-refractivity contribution in [3.05, 3.63) is 70.7 Å². The number of benzene rings is 1. The predicted molar refractivity (Wildman–Crippen MR) is 129 cm³/mol. The highest BCUT2D eigenvalue weighted by Gasteiger charge is 2.37. The molecule has 2 aliphatic rings. The number of carbonyl (C=O) groups is 1. The van der Waals surface area contributed by atoms with Gasteiger partial charge >= 0.3 is 6.18 Å². The summed E-state index contributed by atoms with van der Waals surface area (Å²) in [5, 5.41) is 0.810. The summed E-state index contributed by atoms with van der Waals surface area (Å²) >= 11 is 0. The Hall–Kier alpha value is -3.70. The van der Waals surface area contributed by atoms with Crippen molar-refractivity contribution in [3.63, 3.8) is 0 Å². The van der Waals surface area contributed by atoms with Crippen LogP contribution in [0.3, 0.4) is 0 Å². The van der Waals surface area contributed by atoms with E-state index in [1.165, 1.54) is 16.7 Å². The molecule has 1 aromatic carbocycles. The second-order valence-electron chi connectivity index (χ2n) is 9.54. The number of imidazole rings is 1.